The minimum atomic E-state index is -4.39. The molecule has 0 bridgehead atoms. The van der Waals surface area contributed by atoms with Gasteiger partial charge in [-0.05, 0) is 68.8 Å². The molecule has 1 fully saturated rings. The average molecular weight is 496 g/mol. The van der Waals surface area contributed by atoms with Gasteiger partial charge in [0, 0.05) is 35.5 Å². The van der Waals surface area contributed by atoms with Crippen LogP contribution in [0.1, 0.15) is 46.7 Å². The zero-order valence-corrected chi connectivity index (χ0v) is 19.9. The number of nitrogens with zero attached hydrogens (tertiary/aromatic N) is 1. The zero-order valence-electron chi connectivity index (χ0n) is 19.2. The summed E-state index contributed by atoms with van der Waals surface area (Å²) in [5, 5.41) is 3.26. The van der Waals surface area contributed by atoms with E-state index in [1.54, 1.807) is 48.5 Å². The first-order valence-electron chi connectivity index (χ1n) is 11.1. The second kappa shape index (κ2) is 10.4. The van der Waals surface area contributed by atoms with E-state index in [-0.39, 0.29) is 31.8 Å². The van der Waals surface area contributed by atoms with Crippen LogP contribution in [0.3, 0.4) is 0 Å². The highest BCUT2D eigenvalue weighted by atomic mass is 35.5. The van der Waals surface area contributed by atoms with Crippen molar-refractivity contribution in [2.45, 2.75) is 43.8 Å². The van der Waals surface area contributed by atoms with Crippen LogP contribution in [0.2, 0.25) is 5.02 Å². The van der Waals surface area contributed by atoms with Crippen molar-refractivity contribution in [1.82, 2.24) is 10.2 Å². The molecule has 2 unspecified atom stereocenters. The molecular formula is C25H29ClF3N3O2. The van der Waals surface area contributed by atoms with E-state index >= 15 is 0 Å². The number of carbonyl (C=O) groups excluding carboxylic acids is 2. The van der Waals surface area contributed by atoms with Crippen LogP contribution >= 0.6 is 11.6 Å². The summed E-state index contributed by atoms with van der Waals surface area (Å²) in [5.74, 6) is -1.90. The van der Waals surface area contributed by atoms with Crippen LogP contribution in [0, 0.1) is 5.41 Å². The number of nitrogens with one attached hydrogen (secondary N) is 1. The fourth-order valence-electron chi connectivity index (χ4n) is 4.30. The van der Waals surface area contributed by atoms with Crippen molar-refractivity contribution >= 4 is 23.4 Å². The Morgan fingerprint density at radius 2 is 1.68 bits per heavy atom. The Bertz CT molecular complexity index is 1000. The Morgan fingerprint density at radius 1 is 1.09 bits per heavy atom. The molecule has 2 aromatic rings. The van der Waals surface area contributed by atoms with Crippen LogP contribution in [-0.2, 0) is 11.2 Å². The van der Waals surface area contributed by atoms with E-state index in [1.165, 1.54) is 0 Å². The van der Waals surface area contributed by atoms with Gasteiger partial charge < -0.3 is 16.0 Å². The number of benzene rings is 2. The summed E-state index contributed by atoms with van der Waals surface area (Å²) in [4.78, 5) is 26.0. The number of carbonyl (C=O) groups is 2. The van der Waals surface area contributed by atoms with Gasteiger partial charge in [0.2, 0.25) is 11.8 Å². The van der Waals surface area contributed by atoms with E-state index in [1.807, 2.05) is 19.0 Å². The van der Waals surface area contributed by atoms with Gasteiger partial charge in [-0.1, -0.05) is 35.9 Å². The Morgan fingerprint density at radius 3 is 2.15 bits per heavy atom. The first-order valence-corrected chi connectivity index (χ1v) is 11.4. The van der Waals surface area contributed by atoms with Crippen molar-refractivity contribution < 1.29 is 22.8 Å². The number of hydrogen-bond donors (Lipinski definition) is 2. The number of amides is 2. The molecule has 2 atom stereocenters. The molecule has 1 aliphatic rings. The molecule has 0 aromatic heterocycles. The van der Waals surface area contributed by atoms with Gasteiger partial charge in [-0.3, -0.25) is 9.59 Å². The first-order chi connectivity index (χ1) is 15.9. The summed E-state index contributed by atoms with van der Waals surface area (Å²) in [6.45, 7) is 0.274. The lowest BCUT2D eigenvalue weighted by molar-refractivity contribution is -0.194. The highest BCUT2D eigenvalue weighted by Crippen LogP contribution is 2.66. The summed E-state index contributed by atoms with van der Waals surface area (Å²) < 4.78 is 41.7. The van der Waals surface area contributed by atoms with Crippen LogP contribution in [-0.4, -0.2) is 49.6 Å². The summed E-state index contributed by atoms with van der Waals surface area (Å²) in [6, 6.07) is 13.1. The third kappa shape index (κ3) is 6.10. The number of nitrogens with two attached hydrogens (primary N) is 1. The van der Waals surface area contributed by atoms with Gasteiger partial charge in [-0.15, -0.1) is 0 Å². The molecule has 184 valence electrons. The van der Waals surface area contributed by atoms with Gasteiger partial charge in [0.05, 0.1) is 5.41 Å². The highest BCUT2D eigenvalue weighted by molar-refractivity contribution is 6.30. The maximum atomic E-state index is 13.9. The SMILES string of the molecule is CN(C)C(CNC(=O)CC(c1ccc(Cl)cc1)C1(C(F)(F)F)CC1)Cc1ccc(C(N)=O)cc1. The van der Waals surface area contributed by atoms with E-state index < -0.39 is 29.3 Å². The molecule has 0 heterocycles. The molecule has 3 rings (SSSR count). The summed E-state index contributed by atoms with van der Waals surface area (Å²) >= 11 is 5.92. The van der Waals surface area contributed by atoms with Crippen molar-refractivity contribution in [2.24, 2.45) is 11.1 Å². The van der Waals surface area contributed by atoms with Gasteiger partial charge in [-0.25, -0.2) is 0 Å². The van der Waals surface area contributed by atoms with Gasteiger partial charge in [0.1, 0.15) is 0 Å². The second-order valence-electron chi connectivity index (χ2n) is 9.15. The Hall–Kier alpha value is -2.58. The first kappa shape index (κ1) is 26.0. The standard InChI is InChI=1S/C25H29ClF3N3O2/c1-32(2)20(13-16-3-5-18(6-4-16)23(30)34)15-31-22(33)14-21(17-7-9-19(26)10-8-17)24(11-12-24)25(27,28)29/h3-10,20-21H,11-15H2,1-2H3,(H2,30,34)(H,31,33). The molecule has 2 aromatic carbocycles. The molecule has 9 heteroatoms. The third-order valence-corrected chi connectivity index (χ3v) is 6.91. The van der Waals surface area contributed by atoms with Crippen LogP contribution < -0.4 is 11.1 Å². The lowest BCUT2D eigenvalue weighted by atomic mass is 9.80. The highest BCUT2D eigenvalue weighted by Gasteiger charge is 2.67. The average Bonchev–Trinajstić information content (AvgIpc) is 3.58. The topological polar surface area (TPSA) is 75.4 Å². The zero-order chi connectivity index (χ0) is 25.1. The minimum Gasteiger partial charge on any atom is -0.366 e. The monoisotopic (exact) mass is 495 g/mol. The van der Waals surface area contributed by atoms with Crippen molar-refractivity contribution in [2.75, 3.05) is 20.6 Å². The molecule has 0 radical (unpaired) electrons. The molecular weight excluding hydrogens is 467 g/mol. The van der Waals surface area contributed by atoms with Crippen molar-refractivity contribution in [3.8, 4) is 0 Å². The predicted octanol–water partition coefficient (Wildman–Crippen LogP) is 4.54. The molecule has 1 aliphatic carbocycles. The van der Waals surface area contributed by atoms with Crippen molar-refractivity contribution in [1.29, 1.82) is 0 Å². The Kier molecular flexibility index (Phi) is 7.93. The van der Waals surface area contributed by atoms with Crippen LogP contribution in [0.4, 0.5) is 13.2 Å². The fourth-order valence-corrected chi connectivity index (χ4v) is 4.42. The van der Waals surface area contributed by atoms with Crippen molar-refractivity contribution in [3.05, 3.63) is 70.2 Å². The smallest absolute Gasteiger partial charge is 0.366 e. The van der Waals surface area contributed by atoms with Crippen LogP contribution in [0.5, 0.6) is 0 Å². The van der Waals surface area contributed by atoms with Crippen molar-refractivity contribution in [3.63, 3.8) is 0 Å². The van der Waals surface area contributed by atoms with Crippen LogP contribution in [0.25, 0.3) is 0 Å². The summed E-state index contributed by atoms with van der Waals surface area (Å²) in [5.41, 5.74) is 5.22. The molecule has 0 spiro atoms. The maximum Gasteiger partial charge on any atom is 0.395 e. The molecule has 1 saturated carbocycles. The second-order valence-corrected chi connectivity index (χ2v) is 9.59. The molecule has 34 heavy (non-hydrogen) atoms. The van der Waals surface area contributed by atoms with Gasteiger partial charge >= 0.3 is 6.18 Å². The number of likely N-dealkylation sites (N-methyl/N-ethyl adjacent to an activating group) is 1. The third-order valence-electron chi connectivity index (χ3n) is 6.66. The number of alkyl halides is 3. The lowest BCUT2D eigenvalue weighted by Gasteiger charge is -2.30. The van der Waals surface area contributed by atoms with E-state index in [9.17, 15) is 22.8 Å². The number of rotatable bonds is 10. The van der Waals surface area contributed by atoms with E-state index in [0.717, 1.165) is 5.56 Å². The fraction of sp³-hybridized carbons (Fsp3) is 0.440. The minimum absolute atomic E-state index is 0.0126. The normalized spacial score (nSPS) is 16.7. The summed E-state index contributed by atoms with van der Waals surface area (Å²) in [7, 11) is 3.74. The molecule has 5 nitrogen and oxygen atoms in total. The molecule has 0 saturated heterocycles. The van der Waals surface area contributed by atoms with Gasteiger partial charge in [0.15, 0.2) is 0 Å². The number of primary amides is 1. The summed E-state index contributed by atoms with van der Waals surface area (Å²) in [6.07, 6.45) is -4.04. The predicted molar refractivity (Wildman–Crippen MR) is 126 cm³/mol. The Balaban J connectivity index is 1.68. The van der Waals surface area contributed by atoms with E-state index in [0.29, 0.717) is 22.6 Å². The van der Waals surface area contributed by atoms with E-state index in [2.05, 4.69) is 5.32 Å². The Labute approximate surface area is 202 Å². The maximum absolute atomic E-state index is 13.9. The number of hydrogen-bond acceptors (Lipinski definition) is 3. The molecule has 3 N–H and O–H groups in total. The molecule has 2 amide bonds. The van der Waals surface area contributed by atoms with Crippen LogP contribution in [0.15, 0.2) is 48.5 Å². The van der Waals surface area contributed by atoms with Gasteiger partial charge in [-0.2, -0.15) is 13.2 Å². The molecule has 0 aliphatic heterocycles. The lowest BCUT2D eigenvalue weighted by Crippen LogP contribution is -2.42. The quantitative estimate of drug-likeness (QED) is 0.508. The number of halogens is 4. The van der Waals surface area contributed by atoms with Gasteiger partial charge in [0.25, 0.3) is 0 Å². The van der Waals surface area contributed by atoms with E-state index in [4.69, 9.17) is 17.3 Å². The largest absolute Gasteiger partial charge is 0.395 e.